The maximum absolute atomic E-state index is 12.9. The van der Waals surface area contributed by atoms with Crippen molar-refractivity contribution in [3.8, 4) is 5.75 Å². The summed E-state index contributed by atoms with van der Waals surface area (Å²) < 4.78 is 19.8. The van der Waals surface area contributed by atoms with Crippen LogP contribution in [0.5, 0.6) is 5.75 Å². The molecule has 0 saturated heterocycles. The van der Waals surface area contributed by atoms with Crippen molar-refractivity contribution in [3.05, 3.63) is 57.2 Å². The number of halogens is 1. The number of fused-ring (bicyclic) bond motifs is 3. The second-order valence-electron chi connectivity index (χ2n) is 6.51. The Labute approximate surface area is 153 Å². The van der Waals surface area contributed by atoms with E-state index in [0.717, 1.165) is 36.1 Å². The normalized spacial score (nSPS) is 15.0. The quantitative estimate of drug-likeness (QED) is 0.746. The van der Waals surface area contributed by atoms with Gasteiger partial charge in [0.2, 0.25) is 0 Å². The van der Waals surface area contributed by atoms with Gasteiger partial charge >= 0.3 is 0 Å². The van der Waals surface area contributed by atoms with Crippen LogP contribution in [0.4, 0.5) is 4.39 Å². The molecule has 26 heavy (non-hydrogen) atoms. The van der Waals surface area contributed by atoms with Gasteiger partial charge in [-0.1, -0.05) is 0 Å². The van der Waals surface area contributed by atoms with E-state index in [1.54, 1.807) is 11.3 Å². The van der Waals surface area contributed by atoms with Gasteiger partial charge in [-0.15, -0.1) is 11.3 Å². The van der Waals surface area contributed by atoms with Gasteiger partial charge in [-0.3, -0.25) is 9.36 Å². The Balaban J connectivity index is 1.50. The van der Waals surface area contributed by atoms with Crippen LogP contribution in [0.2, 0.25) is 0 Å². The van der Waals surface area contributed by atoms with Gasteiger partial charge in [0.05, 0.1) is 18.3 Å². The Hall–Kier alpha value is -2.25. The molecule has 1 unspecified atom stereocenters. The lowest BCUT2D eigenvalue weighted by molar-refractivity contribution is 0.0914. The van der Waals surface area contributed by atoms with Gasteiger partial charge in [-0.25, -0.2) is 9.37 Å². The standard InChI is InChI=1S/C19H19FN2O3S/c20-12-5-7-14(8-6-12)25-10-13(23)9-22-11-21-18-17(19(22)24)15-3-1-2-4-16(15)26-18/h5-8,11,13,23H,1-4,9-10H2. The van der Waals surface area contributed by atoms with E-state index < -0.39 is 6.10 Å². The van der Waals surface area contributed by atoms with Gasteiger partial charge in [0.1, 0.15) is 29.1 Å². The molecule has 1 aliphatic rings. The molecule has 1 N–H and O–H groups in total. The van der Waals surface area contributed by atoms with Crippen molar-refractivity contribution >= 4 is 21.6 Å². The van der Waals surface area contributed by atoms with Crippen LogP contribution in [0.15, 0.2) is 35.4 Å². The predicted molar refractivity (Wildman–Crippen MR) is 98.4 cm³/mol. The first-order valence-electron chi connectivity index (χ1n) is 8.68. The number of benzene rings is 1. The van der Waals surface area contributed by atoms with Crippen molar-refractivity contribution in [1.29, 1.82) is 0 Å². The highest BCUT2D eigenvalue weighted by atomic mass is 32.1. The molecule has 1 aromatic carbocycles. The van der Waals surface area contributed by atoms with Crippen molar-refractivity contribution in [2.45, 2.75) is 38.3 Å². The SMILES string of the molecule is O=c1c2c3c(sc2ncn1CC(O)COc1ccc(F)cc1)CCCC3. The van der Waals surface area contributed by atoms with Crippen molar-refractivity contribution in [1.82, 2.24) is 9.55 Å². The minimum atomic E-state index is -0.869. The molecule has 0 spiro atoms. The van der Waals surface area contributed by atoms with Crippen LogP contribution in [-0.4, -0.2) is 27.4 Å². The summed E-state index contributed by atoms with van der Waals surface area (Å²) >= 11 is 1.61. The van der Waals surface area contributed by atoms with E-state index in [0.29, 0.717) is 11.1 Å². The van der Waals surface area contributed by atoms with E-state index in [1.807, 2.05) is 0 Å². The summed E-state index contributed by atoms with van der Waals surface area (Å²) in [7, 11) is 0. The molecular formula is C19H19FN2O3S. The van der Waals surface area contributed by atoms with Crippen molar-refractivity contribution in [3.63, 3.8) is 0 Å². The Morgan fingerprint density at radius 2 is 2.04 bits per heavy atom. The smallest absolute Gasteiger partial charge is 0.262 e. The summed E-state index contributed by atoms with van der Waals surface area (Å²) in [5.41, 5.74) is 1.04. The van der Waals surface area contributed by atoms with E-state index in [9.17, 15) is 14.3 Å². The number of hydrogen-bond acceptors (Lipinski definition) is 5. The highest BCUT2D eigenvalue weighted by Gasteiger charge is 2.20. The third-order valence-electron chi connectivity index (χ3n) is 4.61. The number of hydrogen-bond donors (Lipinski definition) is 1. The summed E-state index contributed by atoms with van der Waals surface area (Å²) in [6.07, 6.45) is 4.82. The zero-order valence-electron chi connectivity index (χ0n) is 14.2. The highest BCUT2D eigenvalue weighted by molar-refractivity contribution is 7.18. The van der Waals surface area contributed by atoms with E-state index in [4.69, 9.17) is 4.74 Å². The number of aryl methyl sites for hydroxylation is 2. The van der Waals surface area contributed by atoms with Crippen LogP contribution in [0.25, 0.3) is 10.2 Å². The first-order valence-corrected chi connectivity index (χ1v) is 9.49. The van der Waals surface area contributed by atoms with E-state index >= 15 is 0 Å². The van der Waals surface area contributed by atoms with E-state index in [1.165, 1.54) is 40.0 Å². The fraction of sp³-hybridized carbons (Fsp3) is 0.368. The van der Waals surface area contributed by atoms with Gasteiger partial charge in [0, 0.05) is 4.88 Å². The van der Waals surface area contributed by atoms with Gasteiger partial charge in [-0.05, 0) is 55.5 Å². The Kier molecular flexibility index (Phi) is 4.74. The number of aliphatic hydroxyl groups excluding tert-OH is 1. The molecule has 1 atom stereocenters. The number of ether oxygens (including phenoxy) is 1. The second-order valence-corrected chi connectivity index (χ2v) is 7.60. The van der Waals surface area contributed by atoms with Crippen LogP contribution in [-0.2, 0) is 19.4 Å². The molecular weight excluding hydrogens is 355 g/mol. The number of aliphatic hydroxyl groups is 1. The van der Waals surface area contributed by atoms with Gasteiger partial charge in [0.25, 0.3) is 5.56 Å². The van der Waals surface area contributed by atoms with Crippen molar-refractivity contribution < 1.29 is 14.2 Å². The third kappa shape index (κ3) is 3.37. The lowest BCUT2D eigenvalue weighted by Gasteiger charge is -2.14. The van der Waals surface area contributed by atoms with Gasteiger partial charge < -0.3 is 9.84 Å². The lowest BCUT2D eigenvalue weighted by Crippen LogP contribution is -2.30. The average Bonchev–Trinajstić information content (AvgIpc) is 3.03. The first-order chi connectivity index (χ1) is 12.6. The fourth-order valence-corrected chi connectivity index (χ4v) is 4.53. The topological polar surface area (TPSA) is 64.4 Å². The molecule has 136 valence electrons. The highest BCUT2D eigenvalue weighted by Crippen LogP contribution is 2.33. The largest absolute Gasteiger partial charge is 0.491 e. The first kappa shape index (κ1) is 17.2. The van der Waals surface area contributed by atoms with Crippen LogP contribution < -0.4 is 10.3 Å². The van der Waals surface area contributed by atoms with Gasteiger partial charge in [0.15, 0.2) is 0 Å². The van der Waals surface area contributed by atoms with Crippen LogP contribution >= 0.6 is 11.3 Å². The summed E-state index contributed by atoms with van der Waals surface area (Å²) in [5, 5.41) is 10.9. The number of thiophene rings is 1. The number of aromatic nitrogens is 2. The van der Waals surface area contributed by atoms with E-state index in [2.05, 4.69) is 4.98 Å². The Morgan fingerprint density at radius 1 is 1.27 bits per heavy atom. The van der Waals surface area contributed by atoms with E-state index in [-0.39, 0.29) is 24.5 Å². The van der Waals surface area contributed by atoms with Crippen LogP contribution in [0, 0.1) is 5.82 Å². The summed E-state index contributed by atoms with van der Waals surface area (Å²) in [6.45, 7) is 0.117. The molecule has 3 aromatic rings. The van der Waals surface area contributed by atoms with Crippen LogP contribution in [0.1, 0.15) is 23.3 Å². The number of rotatable bonds is 5. The summed E-state index contributed by atoms with van der Waals surface area (Å²) in [4.78, 5) is 19.3. The Morgan fingerprint density at radius 3 is 2.85 bits per heavy atom. The summed E-state index contributed by atoms with van der Waals surface area (Å²) in [6, 6.07) is 5.59. The molecule has 4 rings (SSSR count). The maximum atomic E-state index is 12.9. The molecule has 0 aliphatic heterocycles. The lowest BCUT2D eigenvalue weighted by atomic mass is 9.97. The monoisotopic (exact) mass is 374 g/mol. The second kappa shape index (κ2) is 7.17. The molecule has 1 aliphatic carbocycles. The molecule has 5 nitrogen and oxygen atoms in total. The fourth-order valence-electron chi connectivity index (χ4n) is 3.31. The third-order valence-corrected chi connectivity index (χ3v) is 5.81. The van der Waals surface area contributed by atoms with Crippen LogP contribution in [0.3, 0.4) is 0 Å². The Bertz CT molecular complexity index is 981. The molecule has 0 bridgehead atoms. The van der Waals surface area contributed by atoms with Gasteiger partial charge in [-0.2, -0.15) is 0 Å². The summed E-state index contributed by atoms with van der Waals surface area (Å²) in [5.74, 6) is 0.126. The maximum Gasteiger partial charge on any atom is 0.262 e. The molecule has 0 fully saturated rings. The molecule has 0 radical (unpaired) electrons. The zero-order chi connectivity index (χ0) is 18.1. The molecule has 2 aromatic heterocycles. The molecule has 7 heteroatoms. The minimum absolute atomic E-state index is 0.0118. The minimum Gasteiger partial charge on any atom is -0.491 e. The molecule has 0 saturated carbocycles. The number of nitrogens with zero attached hydrogens (tertiary/aromatic N) is 2. The van der Waals surface area contributed by atoms with Crippen molar-refractivity contribution in [2.24, 2.45) is 0 Å². The molecule has 2 heterocycles. The van der Waals surface area contributed by atoms with Crippen molar-refractivity contribution in [2.75, 3.05) is 6.61 Å². The average molecular weight is 374 g/mol. The predicted octanol–water partition coefficient (Wildman–Crippen LogP) is 2.92. The zero-order valence-corrected chi connectivity index (χ0v) is 15.0. The molecule has 0 amide bonds.